The highest BCUT2D eigenvalue weighted by Crippen LogP contribution is 2.37. The van der Waals surface area contributed by atoms with Gasteiger partial charge in [0.1, 0.15) is 6.61 Å². The third-order valence-corrected chi connectivity index (χ3v) is 4.62. The lowest BCUT2D eigenvalue weighted by Crippen LogP contribution is -2.19. The molecule has 2 N–H and O–H groups in total. The van der Waals surface area contributed by atoms with Crippen LogP contribution in [0.4, 0.5) is 0 Å². The first-order chi connectivity index (χ1) is 12.2. The molecule has 0 aliphatic heterocycles. The molecule has 5 heteroatoms. The zero-order valence-corrected chi connectivity index (χ0v) is 16.8. The Hall–Kier alpha value is -1.56. The van der Waals surface area contributed by atoms with Crippen LogP contribution >= 0.6 is 15.9 Å². The van der Waals surface area contributed by atoms with Crippen LogP contribution in [0.5, 0.6) is 11.5 Å². The minimum Gasteiger partial charge on any atom is -0.493 e. The quantitative estimate of drug-likeness (QED) is 0.584. The van der Waals surface area contributed by atoms with Gasteiger partial charge in [-0.1, -0.05) is 24.3 Å². The van der Waals surface area contributed by atoms with Gasteiger partial charge in [0.05, 0.1) is 11.6 Å². The third-order valence-electron chi connectivity index (χ3n) is 4.03. The molecule has 0 radical (unpaired) electrons. The van der Waals surface area contributed by atoms with E-state index in [2.05, 4.69) is 51.7 Å². The van der Waals surface area contributed by atoms with Gasteiger partial charge in [0, 0.05) is 6.54 Å². The van der Waals surface area contributed by atoms with Gasteiger partial charge in [-0.05, 0) is 78.2 Å². The summed E-state index contributed by atoms with van der Waals surface area (Å²) in [5, 5.41) is 6.59. The van der Waals surface area contributed by atoms with Gasteiger partial charge >= 0.3 is 0 Å². The Kier molecular flexibility index (Phi) is 8.25. The fraction of sp³-hybridized carbons (Fsp3) is 0.400. The molecule has 0 amide bonds. The van der Waals surface area contributed by atoms with E-state index in [-0.39, 0.29) is 0 Å². The maximum atomic E-state index is 6.04. The third kappa shape index (κ3) is 6.03. The molecular weight excluding hydrogens is 380 g/mol. The van der Waals surface area contributed by atoms with Crippen molar-refractivity contribution in [3.8, 4) is 11.5 Å². The van der Waals surface area contributed by atoms with E-state index in [9.17, 15) is 0 Å². The molecule has 0 heterocycles. The van der Waals surface area contributed by atoms with Crippen molar-refractivity contribution < 1.29 is 9.47 Å². The monoisotopic (exact) mass is 406 g/mol. The lowest BCUT2D eigenvalue weighted by atomic mass is 10.1. The molecule has 0 unspecified atom stereocenters. The van der Waals surface area contributed by atoms with Crippen molar-refractivity contribution in [2.75, 3.05) is 27.2 Å². The lowest BCUT2D eigenvalue weighted by Gasteiger charge is -2.15. The topological polar surface area (TPSA) is 42.5 Å². The summed E-state index contributed by atoms with van der Waals surface area (Å²) in [6, 6.07) is 12.4. The minimum absolute atomic E-state index is 0.517. The highest BCUT2D eigenvalue weighted by atomic mass is 79.9. The van der Waals surface area contributed by atoms with Crippen LogP contribution < -0.4 is 20.1 Å². The summed E-state index contributed by atoms with van der Waals surface area (Å²) in [6.45, 7) is 5.41. The predicted octanol–water partition coefficient (Wildman–Crippen LogP) is 4.04. The van der Waals surface area contributed by atoms with Crippen LogP contribution in [0.1, 0.15) is 23.1 Å². The molecule has 2 aromatic carbocycles. The number of nitrogens with one attached hydrogen (secondary N) is 2. The molecule has 0 fully saturated rings. The van der Waals surface area contributed by atoms with Gasteiger partial charge in [-0.3, -0.25) is 0 Å². The standard InChI is InChI=1S/C20H27BrN2O2/c1-15-7-4-5-8-17(15)14-25-20-18(21)11-16(12-19(20)24-3)13-23-10-6-9-22-2/h4-5,7-8,11-12,22-23H,6,9-10,13-14H2,1-3H3. The summed E-state index contributed by atoms with van der Waals surface area (Å²) < 4.78 is 12.5. The summed E-state index contributed by atoms with van der Waals surface area (Å²) in [5.41, 5.74) is 3.56. The Morgan fingerprint density at radius 2 is 1.92 bits per heavy atom. The largest absolute Gasteiger partial charge is 0.493 e. The van der Waals surface area contributed by atoms with Crippen molar-refractivity contribution in [3.63, 3.8) is 0 Å². The second kappa shape index (κ2) is 10.4. The molecule has 0 aromatic heterocycles. The fourth-order valence-corrected chi connectivity index (χ4v) is 3.16. The molecule has 0 aliphatic rings. The van der Waals surface area contributed by atoms with Gasteiger partial charge in [0.2, 0.25) is 0 Å². The molecule has 0 saturated carbocycles. The summed E-state index contributed by atoms with van der Waals surface area (Å²) >= 11 is 3.62. The van der Waals surface area contributed by atoms with E-state index in [1.54, 1.807) is 7.11 Å². The number of hydrogen-bond acceptors (Lipinski definition) is 4. The molecule has 0 atom stereocenters. The van der Waals surface area contributed by atoms with Gasteiger partial charge in [0.25, 0.3) is 0 Å². The molecule has 2 aromatic rings. The zero-order chi connectivity index (χ0) is 18.1. The van der Waals surface area contributed by atoms with Crippen molar-refractivity contribution in [1.82, 2.24) is 10.6 Å². The highest BCUT2D eigenvalue weighted by Gasteiger charge is 2.12. The molecule has 0 saturated heterocycles. The van der Waals surface area contributed by atoms with E-state index in [0.29, 0.717) is 6.61 Å². The number of benzene rings is 2. The zero-order valence-electron chi connectivity index (χ0n) is 15.2. The normalized spacial score (nSPS) is 10.7. The van der Waals surface area contributed by atoms with Crippen LogP contribution in [0.25, 0.3) is 0 Å². The van der Waals surface area contributed by atoms with Crippen molar-refractivity contribution in [1.29, 1.82) is 0 Å². The van der Waals surface area contributed by atoms with Crippen molar-refractivity contribution in [2.45, 2.75) is 26.5 Å². The Labute approximate surface area is 159 Å². The average molecular weight is 407 g/mol. The van der Waals surface area contributed by atoms with Gasteiger partial charge in [0.15, 0.2) is 11.5 Å². The van der Waals surface area contributed by atoms with Gasteiger partial charge in [-0.15, -0.1) is 0 Å². The van der Waals surface area contributed by atoms with Crippen LogP contribution in [0.15, 0.2) is 40.9 Å². The number of aryl methyl sites for hydroxylation is 1. The first-order valence-electron chi connectivity index (χ1n) is 8.54. The maximum absolute atomic E-state index is 6.04. The maximum Gasteiger partial charge on any atom is 0.175 e. The van der Waals surface area contributed by atoms with Crippen LogP contribution in [0, 0.1) is 6.92 Å². The van der Waals surface area contributed by atoms with Crippen LogP contribution in [-0.4, -0.2) is 27.2 Å². The molecule has 136 valence electrons. The fourth-order valence-electron chi connectivity index (χ4n) is 2.56. The highest BCUT2D eigenvalue weighted by molar-refractivity contribution is 9.10. The molecule has 25 heavy (non-hydrogen) atoms. The first kappa shape index (κ1) is 19.8. The van der Waals surface area contributed by atoms with E-state index < -0.39 is 0 Å². The van der Waals surface area contributed by atoms with Crippen molar-refractivity contribution >= 4 is 15.9 Å². The molecule has 2 rings (SSSR count). The smallest absolute Gasteiger partial charge is 0.175 e. The van der Waals surface area contributed by atoms with Gasteiger partial charge < -0.3 is 20.1 Å². The number of halogens is 1. The molecule has 0 aliphatic carbocycles. The van der Waals surface area contributed by atoms with E-state index in [4.69, 9.17) is 9.47 Å². The first-order valence-corrected chi connectivity index (χ1v) is 9.34. The Bertz CT molecular complexity index is 677. The van der Waals surface area contributed by atoms with Gasteiger partial charge in [-0.2, -0.15) is 0 Å². The predicted molar refractivity (Wildman–Crippen MR) is 106 cm³/mol. The van der Waals surface area contributed by atoms with Crippen LogP contribution in [0.2, 0.25) is 0 Å². The van der Waals surface area contributed by atoms with E-state index in [1.165, 1.54) is 11.1 Å². The number of hydrogen-bond donors (Lipinski definition) is 2. The van der Waals surface area contributed by atoms with E-state index >= 15 is 0 Å². The molecular formula is C20H27BrN2O2. The molecule has 4 nitrogen and oxygen atoms in total. The van der Waals surface area contributed by atoms with Crippen LogP contribution in [0.3, 0.4) is 0 Å². The molecule has 0 spiro atoms. The summed E-state index contributed by atoms with van der Waals surface area (Å²) in [4.78, 5) is 0. The Morgan fingerprint density at radius 1 is 1.12 bits per heavy atom. The summed E-state index contributed by atoms with van der Waals surface area (Å²) in [5.74, 6) is 1.49. The second-order valence-corrected chi connectivity index (χ2v) is 6.81. The van der Waals surface area contributed by atoms with Crippen molar-refractivity contribution in [2.24, 2.45) is 0 Å². The van der Waals surface area contributed by atoms with Gasteiger partial charge in [-0.25, -0.2) is 0 Å². The molecule has 0 bridgehead atoms. The minimum atomic E-state index is 0.517. The van der Waals surface area contributed by atoms with Crippen LogP contribution in [-0.2, 0) is 13.2 Å². The van der Waals surface area contributed by atoms with E-state index in [1.807, 2.05) is 25.2 Å². The Morgan fingerprint density at radius 3 is 2.64 bits per heavy atom. The van der Waals surface area contributed by atoms with Crippen molar-refractivity contribution in [3.05, 3.63) is 57.6 Å². The summed E-state index contributed by atoms with van der Waals surface area (Å²) in [7, 11) is 3.64. The summed E-state index contributed by atoms with van der Waals surface area (Å²) in [6.07, 6.45) is 1.10. The number of ether oxygens (including phenoxy) is 2. The SMILES string of the molecule is CNCCCNCc1cc(Br)c(OCc2ccccc2C)c(OC)c1. The number of methoxy groups -OCH3 is 1. The number of rotatable bonds is 10. The Balaban J connectivity index is 2.02. The lowest BCUT2D eigenvalue weighted by molar-refractivity contribution is 0.281. The average Bonchev–Trinajstić information content (AvgIpc) is 2.61. The van der Waals surface area contributed by atoms with E-state index in [0.717, 1.165) is 47.6 Å². The second-order valence-electron chi connectivity index (χ2n) is 5.96.